The average molecular weight is 213 g/mol. The Labute approximate surface area is 91.9 Å². The van der Waals surface area contributed by atoms with Crippen molar-refractivity contribution in [2.75, 3.05) is 45.9 Å². The van der Waals surface area contributed by atoms with Crippen LogP contribution in [0.3, 0.4) is 0 Å². The van der Waals surface area contributed by atoms with Crippen molar-refractivity contribution in [2.45, 2.75) is 6.92 Å². The molecule has 2 aliphatic rings. The molecule has 2 saturated heterocycles. The molecule has 2 heterocycles. The molecule has 2 rings (SSSR count). The number of hydrogen-bond acceptors (Lipinski definition) is 4. The van der Waals surface area contributed by atoms with Gasteiger partial charge < -0.3 is 21.1 Å². The minimum absolute atomic E-state index is 0.375. The molecule has 2 fully saturated rings. The molecular formula is C11H23N3O. The lowest BCUT2D eigenvalue weighted by atomic mass is 9.63. The Morgan fingerprint density at radius 2 is 2.07 bits per heavy atom. The van der Waals surface area contributed by atoms with E-state index < -0.39 is 0 Å². The Hall–Kier alpha value is -0.160. The molecule has 4 nitrogen and oxygen atoms in total. The third-order valence-corrected chi connectivity index (χ3v) is 4.28. The first-order chi connectivity index (χ1) is 7.23. The van der Waals surface area contributed by atoms with Gasteiger partial charge in [0.25, 0.3) is 0 Å². The molecular weight excluding hydrogens is 190 g/mol. The summed E-state index contributed by atoms with van der Waals surface area (Å²) in [5.41, 5.74) is 11.9. The Bertz CT molecular complexity index is 218. The Kier molecular flexibility index (Phi) is 3.30. The molecule has 0 radical (unpaired) electrons. The summed E-state index contributed by atoms with van der Waals surface area (Å²) in [6, 6.07) is 0. The lowest BCUT2D eigenvalue weighted by Crippen LogP contribution is -2.63. The summed E-state index contributed by atoms with van der Waals surface area (Å²) in [5.74, 6) is 1.27. The number of hydrogen-bond donors (Lipinski definition) is 2. The molecule has 0 amide bonds. The molecule has 2 aliphatic heterocycles. The maximum absolute atomic E-state index is 5.90. The lowest BCUT2D eigenvalue weighted by Gasteiger charge is -2.56. The van der Waals surface area contributed by atoms with E-state index in [-0.39, 0.29) is 0 Å². The van der Waals surface area contributed by atoms with Gasteiger partial charge in [0.1, 0.15) is 0 Å². The summed E-state index contributed by atoms with van der Waals surface area (Å²) in [5, 5.41) is 0. The fourth-order valence-corrected chi connectivity index (χ4v) is 3.07. The first-order valence-corrected chi connectivity index (χ1v) is 5.93. The van der Waals surface area contributed by atoms with Gasteiger partial charge >= 0.3 is 0 Å². The predicted molar refractivity (Wildman–Crippen MR) is 60.5 cm³/mol. The van der Waals surface area contributed by atoms with Gasteiger partial charge in [0.15, 0.2) is 0 Å². The van der Waals surface area contributed by atoms with Gasteiger partial charge in [0.05, 0.1) is 13.2 Å². The van der Waals surface area contributed by atoms with E-state index in [4.69, 9.17) is 16.2 Å². The molecule has 0 aromatic carbocycles. The molecule has 0 aromatic heterocycles. The van der Waals surface area contributed by atoms with Crippen LogP contribution in [0.5, 0.6) is 0 Å². The van der Waals surface area contributed by atoms with Crippen LogP contribution in [-0.4, -0.2) is 50.8 Å². The lowest BCUT2D eigenvalue weighted by molar-refractivity contribution is -0.197. The predicted octanol–water partition coefficient (Wildman–Crippen LogP) is -0.512. The number of nitrogens with zero attached hydrogens (tertiary/aromatic N) is 1. The van der Waals surface area contributed by atoms with Crippen molar-refractivity contribution < 1.29 is 4.74 Å². The van der Waals surface area contributed by atoms with E-state index in [9.17, 15) is 0 Å². The van der Waals surface area contributed by atoms with Crippen molar-refractivity contribution >= 4 is 0 Å². The number of nitrogens with two attached hydrogens (primary N) is 2. The van der Waals surface area contributed by atoms with Gasteiger partial charge in [-0.15, -0.1) is 0 Å². The highest BCUT2D eigenvalue weighted by molar-refractivity contribution is 5.01. The van der Waals surface area contributed by atoms with Crippen molar-refractivity contribution in [3.05, 3.63) is 0 Å². The molecule has 1 spiro atoms. The number of rotatable bonds is 3. The monoisotopic (exact) mass is 213 g/mol. The second kappa shape index (κ2) is 4.37. The van der Waals surface area contributed by atoms with E-state index in [1.807, 2.05) is 0 Å². The van der Waals surface area contributed by atoms with Crippen molar-refractivity contribution in [1.29, 1.82) is 0 Å². The summed E-state index contributed by atoms with van der Waals surface area (Å²) in [7, 11) is 0. The van der Waals surface area contributed by atoms with Gasteiger partial charge in [0.2, 0.25) is 0 Å². The zero-order valence-corrected chi connectivity index (χ0v) is 9.61. The molecule has 4 heteroatoms. The first-order valence-electron chi connectivity index (χ1n) is 5.93. The highest BCUT2D eigenvalue weighted by atomic mass is 16.5. The fourth-order valence-electron chi connectivity index (χ4n) is 3.07. The van der Waals surface area contributed by atoms with E-state index >= 15 is 0 Å². The summed E-state index contributed by atoms with van der Waals surface area (Å²) >= 11 is 0. The van der Waals surface area contributed by atoms with Crippen LogP contribution in [0, 0.1) is 17.3 Å². The zero-order valence-electron chi connectivity index (χ0n) is 9.61. The van der Waals surface area contributed by atoms with E-state index in [1.54, 1.807) is 0 Å². The van der Waals surface area contributed by atoms with E-state index in [1.165, 1.54) is 0 Å². The van der Waals surface area contributed by atoms with E-state index in [0.717, 1.165) is 45.9 Å². The van der Waals surface area contributed by atoms with Crippen molar-refractivity contribution in [2.24, 2.45) is 28.7 Å². The van der Waals surface area contributed by atoms with Gasteiger partial charge in [0, 0.05) is 31.6 Å². The third kappa shape index (κ3) is 1.80. The van der Waals surface area contributed by atoms with Crippen LogP contribution in [0.25, 0.3) is 0 Å². The van der Waals surface area contributed by atoms with Crippen LogP contribution >= 0.6 is 0 Å². The number of piperidine rings is 1. The molecule has 2 unspecified atom stereocenters. The summed E-state index contributed by atoms with van der Waals surface area (Å²) in [6.45, 7) is 8.91. The maximum Gasteiger partial charge on any atom is 0.0551 e. The quantitative estimate of drug-likeness (QED) is 0.662. The fraction of sp³-hybridized carbons (Fsp3) is 1.00. The number of ether oxygens (including phenoxy) is 1. The molecule has 0 aromatic rings. The van der Waals surface area contributed by atoms with Gasteiger partial charge in [-0.25, -0.2) is 0 Å². The normalized spacial score (nSPS) is 35.4. The largest absolute Gasteiger partial charge is 0.380 e. The molecule has 4 N–H and O–H groups in total. The second-order valence-corrected chi connectivity index (χ2v) is 5.11. The Morgan fingerprint density at radius 1 is 1.33 bits per heavy atom. The summed E-state index contributed by atoms with van der Waals surface area (Å²) in [4.78, 5) is 2.45. The van der Waals surface area contributed by atoms with Gasteiger partial charge in [-0.05, 0) is 18.4 Å². The van der Waals surface area contributed by atoms with Gasteiger partial charge in [-0.1, -0.05) is 6.92 Å². The highest BCUT2D eigenvalue weighted by Crippen LogP contribution is 2.45. The average Bonchev–Trinajstić information content (AvgIpc) is 2.14. The molecule has 0 saturated carbocycles. The van der Waals surface area contributed by atoms with Crippen LogP contribution in [0.2, 0.25) is 0 Å². The second-order valence-electron chi connectivity index (χ2n) is 5.11. The summed E-state index contributed by atoms with van der Waals surface area (Å²) in [6.07, 6.45) is 0. The van der Waals surface area contributed by atoms with E-state index in [0.29, 0.717) is 17.3 Å². The van der Waals surface area contributed by atoms with Gasteiger partial charge in [-0.2, -0.15) is 0 Å². The smallest absolute Gasteiger partial charge is 0.0551 e. The van der Waals surface area contributed by atoms with Crippen LogP contribution in [0.1, 0.15) is 6.92 Å². The molecule has 88 valence electrons. The highest BCUT2D eigenvalue weighted by Gasteiger charge is 2.52. The van der Waals surface area contributed by atoms with Crippen molar-refractivity contribution in [1.82, 2.24) is 4.90 Å². The Balaban J connectivity index is 2.03. The molecule has 2 atom stereocenters. The topological polar surface area (TPSA) is 64.5 Å². The number of likely N-dealkylation sites (tertiary alicyclic amines) is 1. The van der Waals surface area contributed by atoms with Crippen LogP contribution in [-0.2, 0) is 4.74 Å². The van der Waals surface area contributed by atoms with Gasteiger partial charge in [-0.3, -0.25) is 0 Å². The SMILES string of the molecule is CC1CN(CCN)CC(CN)C12COC2. The molecule has 0 aliphatic carbocycles. The standard InChI is InChI=1S/C11H23N3O/c1-9-5-14(3-2-12)6-10(4-13)11(9)7-15-8-11/h9-10H,2-8,12-13H2,1H3. The maximum atomic E-state index is 5.90. The molecule has 15 heavy (non-hydrogen) atoms. The zero-order chi connectivity index (χ0) is 10.9. The van der Waals surface area contributed by atoms with Crippen molar-refractivity contribution in [3.63, 3.8) is 0 Å². The Morgan fingerprint density at radius 3 is 2.53 bits per heavy atom. The first kappa shape index (κ1) is 11.3. The summed E-state index contributed by atoms with van der Waals surface area (Å²) < 4.78 is 5.41. The van der Waals surface area contributed by atoms with Crippen LogP contribution < -0.4 is 11.5 Å². The molecule has 0 bridgehead atoms. The minimum atomic E-state index is 0.375. The van der Waals surface area contributed by atoms with E-state index in [2.05, 4.69) is 11.8 Å². The van der Waals surface area contributed by atoms with Crippen molar-refractivity contribution in [3.8, 4) is 0 Å². The van der Waals surface area contributed by atoms with Crippen LogP contribution in [0.4, 0.5) is 0 Å². The van der Waals surface area contributed by atoms with Crippen LogP contribution in [0.15, 0.2) is 0 Å². The third-order valence-electron chi connectivity index (χ3n) is 4.28. The minimum Gasteiger partial charge on any atom is -0.380 e.